The van der Waals surface area contributed by atoms with Crippen LogP contribution in [0.15, 0.2) is 24.3 Å². The van der Waals surface area contributed by atoms with Gasteiger partial charge in [0.15, 0.2) is 0 Å². The average molecular weight is 275 g/mol. The van der Waals surface area contributed by atoms with Crippen molar-refractivity contribution in [2.45, 2.75) is 25.7 Å². The zero-order valence-electron chi connectivity index (χ0n) is 8.72. The molecule has 1 nitrogen and oxygen atoms in total. The van der Waals surface area contributed by atoms with Crippen molar-refractivity contribution in [1.82, 2.24) is 0 Å². The van der Waals surface area contributed by atoms with Crippen LogP contribution in [0.1, 0.15) is 25.7 Å². The largest absolute Gasteiger partial charge is 0.494 e. The minimum absolute atomic E-state index is 0.223. The molecule has 0 aliphatic rings. The molecule has 0 radical (unpaired) electrons. The molecule has 1 aromatic carbocycles. The third-order valence-corrected chi connectivity index (χ3v) is 2.67. The van der Waals surface area contributed by atoms with Crippen molar-refractivity contribution in [3.63, 3.8) is 0 Å². The molecule has 0 fully saturated rings. The van der Waals surface area contributed by atoms with Crippen molar-refractivity contribution < 1.29 is 9.13 Å². The summed E-state index contributed by atoms with van der Waals surface area (Å²) >= 11 is 3.40. The molecular formula is C12H16BrFO. The number of hydrogen-bond acceptors (Lipinski definition) is 1. The fourth-order valence-corrected chi connectivity index (χ4v) is 1.67. The highest BCUT2D eigenvalue weighted by molar-refractivity contribution is 9.09. The normalized spacial score (nSPS) is 10.3. The molecule has 0 bridgehead atoms. The molecule has 0 saturated carbocycles. The van der Waals surface area contributed by atoms with Gasteiger partial charge in [-0.05, 0) is 37.1 Å². The maximum absolute atomic E-state index is 12.6. The van der Waals surface area contributed by atoms with E-state index in [0.29, 0.717) is 6.61 Å². The van der Waals surface area contributed by atoms with Gasteiger partial charge in [0.25, 0.3) is 0 Å². The van der Waals surface area contributed by atoms with Gasteiger partial charge >= 0.3 is 0 Å². The van der Waals surface area contributed by atoms with E-state index in [1.807, 2.05) is 0 Å². The fourth-order valence-electron chi connectivity index (χ4n) is 1.27. The summed E-state index contributed by atoms with van der Waals surface area (Å²) in [5, 5.41) is 1.08. The van der Waals surface area contributed by atoms with Crippen LogP contribution in [0.2, 0.25) is 0 Å². The summed E-state index contributed by atoms with van der Waals surface area (Å²) in [6.45, 7) is 0.716. The summed E-state index contributed by atoms with van der Waals surface area (Å²) in [7, 11) is 0. The Kier molecular flexibility index (Phi) is 6.41. The van der Waals surface area contributed by atoms with E-state index in [2.05, 4.69) is 15.9 Å². The molecule has 1 aromatic rings. The lowest BCUT2D eigenvalue weighted by atomic mass is 10.2. The first kappa shape index (κ1) is 12.5. The number of unbranched alkanes of at least 4 members (excludes halogenated alkanes) is 3. The van der Waals surface area contributed by atoms with Gasteiger partial charge in [-0.15, -0.1) is 0 Å². The smallest absolute Gasteiger partial charge is 0.123 e. The van der Waals surface area contributed by atoms with Crippen LogP contribution in [0.25, 0.3) is 0 Å². The lowest BCUT2D eigenvalue weighted by molar-refractivity contribution is 0.304. The van der Waals surface area contributed by atoms with Crippen molar-refractivity contribution in [2.24, 2.45) is 0 Å². The quantitative estimate of drug-likeness (QED) is 0.536. The van der Waals surface area contributed by atoms with E-state index in [1.54, 1.807) is 12.1 Å². The van der Waals surface area contributed by atoms with E-state index in [0.717, 1.165) is 17.5 Å². The lowest BCUT2D eigenvalue weighted by Crippen LogP contribution is -1.97. The first-order valence-electron chi connectivity index (χ1n) is 5.27. The minimum Gasteiger partial charge on any atom is -0.494 e. The minimum atomic E-state index is -0.223. The van der Waals surface area contributed by atoms with E-state index < -0.39 is 0 Å². The Morgan fingerprint density at radius 3 is 2.33 bits per heavy atom. The molecule has 3 heteroatoms. The summed E-state index contributed by atoms with van der Waals surface area (Å²) in [4.78, 5) is 0. The molecule has 0 amide bonds. The highest BCUT2D eigenvalue weighted by Crippen LogP contribution is 2.12. The van der Waals surface area contributed by atoms with Crippen molar-refractivity contribution >= 4 is 15.9 Å². The molecule has 0 unspecified atom stereocenters. The van der Waals surface area contributed by atoms with E-state index >= 15 is 0 Å². The van der Waals surface area contributed by atoms with Gasteiger partial charge in [-0.1, -0.05) is 28.8 Å². The number of ether oxygens (including phenoxy) is 1. The molecule has 0 aliphatic carbocycles. The number of benzene rings is 1. The molecule has 84 valence electrons. The molecule has 0 aliphatic heterocycles. The van der Waals surface area contributed by atoms with Crippen molar-refractivity contribution in [3.05, 3.63) is 30.1 Å². The van der Waals surface area contributed by atoms with Gasteiger partial charge in [-0.2, -0.15) is 0 Å². The summed E-state index contributed by atoms with van der Waals surface area (Å²) in [6, 6.07) is 6.15. The van der Waals surface area contributed by atoms with Gasteiger partial charge in [-0.3, -0.25) is 0 Å². The van der Waals surface area contributed by atoms with E-state index in [1.165, 1.54) is 31.4 Å². The standard InChI is InChI=1S/C12H16BrFO/c13-9-3-1-2-4-10-15-12-7-5-11(14)6-8-12/h5-8H,1-4,9-10H2. The second-order valence-electron chi connectivity index (χ2n) is 3.41. The van der Waals surface area contributed by atoms with Crippen LogP contribution in [-0.4, -0.2) is 11.9 Å². The van der Waals surface area contributed by atoms with Crippen LogP contribution in [0.5, 0.6) is 5.75 Å². The SMILES string of the molecule is Fc1ccc(OCCCCCCBr)cc1. The Morgan fingerprint density at radius 2 is 1.67 bits per heavy atom. The maximum Gasteiger partial charge on any atom is 0.123 e. The molecule has 15 heavy (non-hydrogen) atoms. The number of rotatable bonds is 7. The van der Waals surface area contributed by atoms with Crippen molar-refractivity contribution in [2.75, 3.05) is 11.9 Å². The average Bonchev–Trinajstić information content (AvgIpc) is 2.26. The second-order valence-corrected chi connectivity index (χ2v) is 4.20. The topological polar surface area (TPSA) is 9.23 Å². The Bertz CT molecular complexity index is 261. The zero-order chi connectivity index (χ0) is 10.9. The first-order chi connectivity index (χ1) is 7.33. The first-order valence-corrected chi connectivity index (χ1v) is 6.39. The van der Waals surface area contributed by atoms with Crippen LogP contribution in [-0.2, 0) is 0 Å². The molecule has 0 heterocycles. The Hall–Kier alpha value is -0.570. The second kappa shape index (κ2) is 7.69. The van der Waals surface area contributed by atoms with Crippen LogP contribution < -0.4 is 4.74 Å². The monoisotopic (exact) mass is 274 g/mol. The Balaban J connectivity index is 2.07. The third-order valence-electron chi connectivity index (χ3n) is 2.11. The summed E-state index contributed by atoms with van der Waals surface area (Å²) < 4.78 is 18.0. The lowest BCUT2D eigenvalue weighted by Gasteiger charge is -2.05. The molecule has 0 N–H and O–H groups in total. The van der Waals surface area contributed by atoms with Crippen LogP contribution in [0.3, 0.4) is 0 Å². The molecular weight excluding hydrogens is 259 g/mol. The third kappa shape index (κ3) is 5.78. The van der Waals surface area contributed by atoms with Crippen molar-refractivity contribution in [1.29, 1.82) is 0 Å². The van der Waals surface area contributed by atoms with Gasteiger partial charge in [0.2, 0.25) is 0 Å². The summed E-state index contributed by atoms with van der Waals surface area (Å²) in [6.07, 6.45) is 4.70. The van der Waals surface area contributed by atoms with Crippen LogP contribution in [0, 0.1) is 5.82 Å². The molecule has 1 rings (SSSR count). The van der Waals surface area contributed by atoms with Gasteiger partial charge < -0.3 is 4.74 Å². The van der Waals surface area contributed by atoms with Gasteiger partial charge in [0.1, 0.15) is 11.6 Å². The molecule has 0 spiro atoms. The molecule has 0 atom stereocenters. The zero-order valence-corrected chi connectivity index (χ0v) is 10.3. The summed E-state index contributed by atoms with van der Waals surface area (Å²) in [5.74, 6) is 0.525. The Morgan fingerprint density at radius 1 is 1.00 bits per heavy atom. The van der Waals surface area contributed by atoms with Gasteiger partial charge in [0, 0.05) is 5.33 Å². The van der Waals surface area contributed by atoms with Crippen molar-refractivity contribution in [3.8, 4) is 5.75 Å². The molecule has 0 aromatic heterocycles. The van der Waals surface area contributed by atoms with E-state index in [4.69, 9.17) is 4.74 Å². The summed E-state index contributed by atoms with van der Waals surface area (Å²) in [5.41, 5.74) is 0. The Labute approximate surface area is 98.8 Å². The van der Waals surface area contributed by atoms with Gasteiger partial charge in [-0.25, -0.2) is 4.39 Å². The van der Waals surface area contributed by atoms with Gasteiger partial charge in [0.05, 0.1) is 6.61 Å². The number of halogens is 2. The van der Waals surface area contributed by atoms with E-state index in [-0.39, 0.29) is 5.82 Å². The highest BCUT2D eigenvalue weighted by Gasteiger charge is 1.94. The maximum atomic E-state index is 12.6. The predicted molar refractivity (Wildman–Crippen MR) is 64.2 cm³/mol. The number of hydrogen-bond donors (Lipinski definition) is 0. The number of alkyl halides is 1. The fraction of sp³-hybridized carbons (Fsp3) is 0.500. The predicted octanol–water partition coefficient (Wildman–Crippen LogP) is 4.16. The molecule has 0 saturated heterocycles. The van der Waals surface area contributed by atoms with E-state index in [9.17, 15) is 4.39 Å². The van der Waals surface area contributed by atoms with Crippen LogP contribution >= 0.6 is 15.9 Å². The highest BCUT2D eigenvalue weighted by atomic mass is 79.9. The van der Waals surface area contributed by atoms with Crippen LogP contribution in [0.4, 0.5) is 4.39 Å².